The average molecular weight is 464 g/mol. The van der Waals surface area contributed by atoms with Crippen molar-refractivity contribution < 1.29 is 26.3 Å². The highest BCUT2D eigenvalue weighted by Gasteiger charge is 2.45. The van der Waals surface area contributed by atoms with Gasteiger partial charge >= 0.3 is 6.18 Å². The number of sulfone groups is 1. The highest BCUT2D eigenvalue weighted by atomic mass is 35.5. The largest absolute Gasteiger partial charge is 0.417 e. The van der Waals surface area contributed by atoms with Gasteiger partial charge in [0.25, 0.3) is 0 Å². The quantitative estimate of drug-likeness (QED) is 0.636. The molecule has 1 saturated heterocycles. The lowest BCUT2D eigenvalue weighted by molar-refractivity contribution is -0.139. The summed E-state index contributed by atoms with van der Waals surface area (Å²) >= 11 is 6.07. The van der Waals surface area contributed by atoms with Crippen LogP contribution in [-0.4, -0.2) is 44.2 Å². The van der Waals surface area contributed by atoms with Crippen LogP contribution in [0.4, 0.5) is 19.0 Å². The molecule has 1 aliphatic heterocycles. The number of alkyl halides is 3. The van der Waals surface area contributed by atoms with Crippen LogP contribution in [0.2, 0.25) is 5.28 Å². The number of benzene rings is 1. The van der Waals surface area contributed by atoms with Gasteiger partial charge in [-0.05, 0) is 44.5 Å². The monoisotopic (exact) mass is 463 g/mol. The van der Waals surface area contributed by atoms with E-state index in [2.05, 4.69) is 9.97 Å². The molecule has 11 heteroatoms. The van der Waals surface area contributed by atoms with Crippen LogP contribution in [0.1, 0.15) is 32.0 Å². The summed E-state index contributed by atoms with van der Waals surface area (Å²) in [5.74, 6) is 0.396. The van der Waals surface area contributed by atoms with E-state index < -0.39 is 31.2 Å². The molecule has 0 amide bonds. The molecule has 0 radical (unpaired) electrons. The van der Waals surface area contributed by atoms with Crippen molar-refractivity contribution >= 4 is 27.3 Å². The van der Waals surface area contributed by atoms with Crippen LogP contribution in [0.3, 0.4) is 0 Å². The first kappa shape index (κ1) is 22.8. The molecular weight excluding hydrogens is 443 g/mol. The molecule has 0 N–H and O–H groups in total. The van der Waals surface area contributed by atoms with Crippen molar-refractivity contribution in [1.82, 2.24) is 9.97 Å². The summed E-state index contributed by atoms with van der Waals surface area (Å²) in [4.78, 5) is 9.32. The minimum atomic E-state index is -4.82. The van der Waals surface area contributed by atoms with Crippen molar-refractivity contribution in [1.29, 1.82) is 0 Å². The zero-order valence-electron chi connectivity index (χ0n) is 16.6. The molecule has 2 aromatic rings. The highest BCUT2D eigenvalue weighted by Crippen LogP contribution is 2.41. The van der Waals surface area contributed by atoms with Gasteiger partial charge in [0.2, 0.25) is 5.28 Å². The van der Waals surface area contributed by atoms with E-state index in [-0.39, 0.29) is 17.0 Å². The van der Waals surface area contributed by atoms with E-state index in [0.29, 0.717) is 25.6 Å². The van der Waals surface area contributed by atoms with E-state index >= 15 is 0 Å². The molecule has 0 bridgehead atoms. The summed E-state index contributed by atoms with van der Waals surface area (Å²) < 4.78 is 70.7. The van der Waals surface area contributed by atoms with Crippen molar-refractivity contribution in [2.75, 3.05) is 24.7 Å². The fraction of sp³-hybridized carbons (Fsp3) is 0.474. The Morgan fingerprint density at radius 3 is 2.50 bits per heavy atom. The van der Waals surface area contributed by atoms with E-state index in [1.54, 1.807) is 0 Å². The van der Waals surface area contributed by atoms with Crippen LogP contribution in [0.25, 0.3) is 0 Å². The number of nitrogens with zero attached hydrogens (tertiary/aromatic N) is 3. The molecule has 3 rings (SSSR count). The molecule has 0 unspecified atom stereocenters. The molecule has 164 valence electrons. The Morgan fingerprint density at radius 2 is 1.87 bits per heavy atom. The summed E-state index contributed by atoms with van der Waals surface area (Å²) in [5, 5.41) is -0.187. The van der Waals surface area contributed by atoms with Gasteiger partial charge < -0.3 is 9.64 Å². The molecule has 1 atom stereocenters. The van der Waals surface area contributed by atoms with E-state index in [1.165, 1.54) is 26.0 Å². The molecule has 1 aliphatic rings. The lowest BCUT2D eigenvalue weighted by Crippen LogP contribution is -2.44. The Morgan fingerprint density at radius 1 is 1.20 bits per heavy atom. The van der Waals surface area contributed by atoms with Gasteiger partial charge in [0.05, 0.1) is 35.4 Å². The van der Waals surface area contributed by atoms with Crippen molar-refractivity contribution in [2.24, 2.45) is 0 Å². The Hall–Kier alpha value is -1.91. The molecule has 2 heterocycles. The van der Waals surface area contributed by atoms with Crippen LogP contribution in [-0.2, 0) is 25.5 Å². The Kier molecular flexibility index (Phi) is 6.05. The normalized spacial score (nSPS) is 18.5. The van der Waals surface area contributed by atoms with Gasteiger partial charge in [-0.1, -0.05) is 12.1 Å². The molecule has 0 aliphatic carbocycles. The van der Waals surface area contributed by atoms with Crippen molar-refractivity contribution in [3.05, 3.63) is 46.9 Å². The number of hydrogen-bond acceptors (Lipinski definition) is 6. The van der Waals surface area contributed by atoms with Gasteiger partial charge in [-0.15, -0.1) is 0 Å². The Bertz CT molecular complexity index is 1040. The summed E-state index contributed by atoms with van der Waals surface area (Å²) in [6, 6.07) is 5.52. The lowest BCUT2D eigenvalue weighted by atomic mass is 10.1. The number of morpholine rings is 1. The van der Waals surface area contributed by atoms with Crippen LogP contribution < -0.4 is 4.90 Å². The first-order chi connectivity index (χ1) is 13.9. The zero-order valence-corrected chi connectivity index (χ0v) is 18.1. The third-order valence-corrected chi connectivity index (χ3v) is 7.77. The fourth-order valence-corrected chi connectivity index (χ4v) is 5.11. The second-order valence-corrected chi connectivity index (χ2v) is 10.3. The third-order valence-electron chi connectivity index (χ3n) is 5.12. The van der Waals surface area contributed by atoms with Gasteiger partial charge in [-0.3, -0.25) is 0 Å². The van der Waals surface area contributed by atoms with Gasteiger partial charge in [-0.2, -0.15) is 13.2 Å². The first-order valence-electron chi connectivity index (χ1n) is 9.16. The molecule has 1 fully saturated rings. The summed E-state index contributed by atoms with van der Waals surface area (Å²) in [6.07, 6.45) is -4.82. The topological polar surface area (TPSA) is 72.4 Å². The maximum atomic E-state index is 13.5. The van der Waals surface area contributed by atoms with Crippen LogP contribution in [0.5, 0.6) is 0 Å². The minimum Gasteiger partial charge on any atom is -0.377 e. The number of halogens is 4. The second-order valence-electron chi connectivity index (χ2n) is 7.51. The summed E-state index contributed by atoms with van der Waals surface area (Å²) in [6.45, 7) is 5.95. The van der Waals surface area contributed by atoms with E-state index in [9.17, 15) is 21.6 Å². The average Bonchev–Trinajstić information content (AvgIpc) is 2.67. The third kappa shape index (κ3) is 4.13. The lowest BCUT2D eigenvalue weighted by Gasteiger charge is -2.35. The first-order valence-corrected chi connectivity index (χ1v) is 11.0. The number of aromatic nitrogens is 2. The van der Waals surface area contributed by atoms with E-state index in [1.807, 2.05) is 11.8 Å². The molecule has 6 nitrogen and oxygen atoms in total. The van der Waals surface area contributed by atoms with Crippen molar-refractivity contribution in [3.8, 4) is 0 Å². The van der Waals surface area contributed by atoms with Crippen molar-refractivity contribution in [3.63, 3.8) is 0 Å². The molecule has 1 aromatic carbocycles. The predicted molar refractivity (Wildman–Crippen MR) is 106 cm³/mol. The Balaban J connectivity index is 2.12. The van der Waals surface area contributed by atoms with Gasteiger partial charge in [0.15, 0.2) is 9.84 Å². The fourth-order valence-electron chi connectivity index (χ4n) is 3.28. The maximum Gasteiger partial charge on any atom is 0.417 e. The highest BCUT2D eigenvalue weighted by molar-refractivity contribution is 7.92. The van der Waals surface area contributed by atoms with Gasteiger partial charge in [0.1, 0.15) is 10.6 Å². The van der Waals surface area contributed by atoms with Crippen molar-refractivity contribution in [2.45, 2.75) is 42.6 Å². The number of rotatable bonds is 4. The minimum absolute atomic E-state index is 0.00756. The smallest absolute Gasteiger partial charge is 0.377 e. The number of anilines is 1. The van der Waals surface area contributed by atoms with E-state index in [0.717, 1.165) is 18.2 Å². The van der Waals surface area contributed by atoms with Crippen LogP contribution in [0, 0.1) is 0 Å². The second kappa shape index (κ2) is 7.97. The molecule has 30 heavy (non-hydrogen) atoms. The zero-order chi connectivity index (χ0) is 22.3. The van der Waals surface area contributed by atoms with Gasteiger partial charge in [0, 0.05) is 12.6 Å². The summed E-state index contributed by atoms with van der Waals surface area (Å²) in [7, 11) is -4.50. The Labute approximate surface area is 178 Å². The SMILES string of the molecule is C[C@H]1COCCN1c1cc(C(C)(C)S(=O)(=O)c2ccccc2C(F)(F)F)nc(Cl)n1. The predicted octanol–water partition coefficient (Wildman–Crippen LogP) is 4.08. The standard InChI is InChI=1S/C19H21ClF3N3O3S/c1-12-11-29-9-8-26(12)16-10-15(24-17(20)25-16)18(2,3)30(27,28)14-7-5-4-6-13(14)19(21,22)23/h4-7,10,12H,8-9,11H2,1-3H3/t12-/m0/s1. The molecule has 0 saturated carbocycles. The van der Waals surface area contributed by atoms with E-state index in [4.69, 9.17) is 16.3 Å². The van der Waals surface area contributed by atoms with Crippen LogP contribution >= 0.6 is 11.6 Å². The number of ether oxygens (including phenoxy) is 1. The van der Waals surface area contributed by atoms with Gasteiger partial charge in [-0.25, -0.2) is 18.4 Å². The number of hydrogen-bond donors (Lipinski definition) is 0. The molecule has 1 aromatic heterocycles. The maximum absolute atomic E-state index is 13.5. The molecule has 0 spiro atoms. The molecular formula is C19H21ClF3N3O3S. The summed E-state index contributed by atoms with van der Waals surface area (Å²) in [5.41, 5.74) is -1.21. The van der Waals surface area contributed by atoms with Crippen LogP contribution in [0.15, 0.2) is 35.2 Å².